The molecular formula is C15H15N3O3. The maximum atomic E-state index is 12.2. The first-order valence-electron chi connectivity index (χ1n) is 6.31. The second-order valence-corrected chi connectivity index (χ2v) is 4.37. The molecule has 1 aromatic carbocycles. The average molecular weight is 285 g/mol. The number of carbonyl (C=O) groups excluding carboxylic acids is 2. The summed E-state index contributed by atoms with van der Waals surface area (Å²) < 4.78 is 5.23. The van der Waals surface area contributed by atoms with Crippen LogP contribution in [0.5, 0.6) is 5.75 Å². The highest BCUT2D eigenvalue weighted by molar-refractivity contribution is 6.05. The Labute approximate surface area is 121 Å². The molecule has 0 fully saturated rings. The van der Waals surface area contributed by atoms with E-state index in [2.05, 4.69) is 10.3 Å². The number of nitrogens with zero attached hydrogens (tertiary/aromatic N) is 1. The summed E-state index contributed by atoms with van der Waals surface area (Å²) in [4.78, 5) is 27.2. The van der Waals surface area contributed by atoms with Crippen molar-refractivity contribution < 1.29 is 14.3 Å². The summed E-state index contributed by atoms with van der Waals surface area (Å²) in [6.45, 7) is 1.55. The smallest absolute Gasteiger partial charge is 0.260 e. The number of primary amides is 1. The molecule has 0 unspecified atom stereocenters. The van der Waals surface area contributed by atoms with Crippen LogP contribution in [0.2, 0.25) is 0 Å². The monoisotopic (exact) mass is 285 g/mol. The summed E-state index contributed by atoms with van der Waals surface area (Å²) in [6, 6.07) is 11.9. The Morgan fingerprint density at radius 1 is 1.19 bits per heavy atom. The fourth-order valence-corrected chi connectivity index (χ4v) is 1.73. The van der Waals surface area contributed by atoms with Crippen LogP contribution in [0.1, 0.15) is 16.1 Å². The predicted octanol–water partition coefficient (Wildman–Crippen LogP) is 1.51. The first kappa shape index (κ1) is 14.5. The number of ether oxygens (including phenoxy) is 1. The number of para-hydroxylation sites is 1. The molecule has 0 aliphatic carbocycles. The van der Waals surface area contributed by atoms with E-state index in [4.69, 9.17) is 10.5 Å². The number of carbonyl (C=O) groups is 2. The highest BCUT2D eigenvalue weighted by atomic mass is 16.5. The van der Waals surface area contributed by atoms with Gasteiger partial charge in [0.05, 0.1) is 5.56 Å². The second kappa shape index (κ2) is 6.51. The zero-order valence-electron chi connectivity index (χ0n) is 11.5. The number of benzene rings is 1. The van der Waals surface area contributed by atoms with Gasteiger partial charge in [-0.3, -0.25) is 9.59 Å². The van der Waals surface area contributed by atoms with Gasteiger partial charge >= 0.3 is 0 Å². The van der Waals surface area contributed by atoms with Crippen molar-refractivity contribution in [3.05, 3.63) is 53.7 Å². The second-order valence-electron chi connectivity index (χ2n) is 4.37. The van der Waals surface area contributed by atoms with Crippen LogP contribution in [-0.4, -0.2) is 23.4 Å². The molecule has 0 saturated heterocycles. The van der Waals surface area contributed by atoms with E-state index in [9.17, 15) is 9.59 Å². The maximum absolute atomic E-state index is 12.2. The van der Waals surface area contributed by atoms with Gasteiger partial charge in [-0.2, -0.15) is 0 Å². The van der Waals surface area contributed by atoms with Crippen molar-refractivity contribution >= 4 is 17.6 Å². The van der Waals surface area contributed by atoms with Crippen LogP contribution in [0.4, 0.5) is 5.82 Å². The zero-order valence-corrected chi connectivity index (χ0v) is 11.5. The van der Waals surface area contributed by atoms with Crippen molar-refractivity contribution in [2.45, 2.75) is 6.92 Å². The maximum Gasteiger partial charge on any atom is 0.260 e. The minimum absolute atomic E-state index is 0.285. The van der Waals surface area contributed by atoms with Gasteiger partial charge in [0.15, 0.2) is 6.61 Å². The van der Waals surface area contributed by atoms with E-state index in [1.54, 1.807) is 36.4 Å². The molecule has 108 valence electrons. The number of pyridine rings is 1. The Morgan fingerprint density at radius 2 is 1.95 bits per heavy atom. The molecular weight excluding hydrogens is 270 g/mol. The molecule has 1 heterocycles. The van der Waals surface area contributed by atoms with Crippen molar-refractivity contribution in [3.8, 4) is 5.75 Å². The Kier molecular flexibility index (Phi) is 4.50. The van der Waals surface area contributed by atoms with E-state index in [1.165, 1.54) is 0 Å². The largest absolute Gasteiger partial charge is 0.483 e. The third-order valence-corrected chi connectivity index (χ3v) is 2.63. The summed E-state index contributed by atoms with van der Waals surface area (Å²) in [6.07, 6.45) is 0. The van der Waals surface area contributed by atoms with Crippen molar-refractivity contribution in [1.29, 1.82) is 0 Å². The zero-order chi connectivity index (χ0) is 15.2. The molecule has 0 atom stereocenters. The molecule has 2 amide bonds. The lowest BCUT2D eigenvalue weighted by Crippen LogP contribution is -2.21. The minimum atomic E-state index is -0.606. The van der Waals surface area contributed by atoms with Crippen molar-refractivity contribution in [2.75, 3.05) is 11.9 Å². The van der Waals surface area contributed by atoms with Gasteiger partial charge in [0.25, 0.3) is 11.8 Å². The minimum Gasteiger partial charge on any atom is -0.483 e. The number of nitrogens with two attached hydrogens (primary N) is 1. The molecule has 0 spiro atoms. The third-order valence-electron chi connectivity index (χ3n) is 2.63. The van der Waals surface area contributed by atoms with Gasteiger partial charge in [-0.25, -0.2) is 4.98 Å². The number of aryl methyl sites for hydroxylation is 1. The average Bonchev–Trinajstić information content (AvgIpc) is 2.45. The molecule has 2 aromatic rings. The van der Waals surface area contributed by atoms with Crippen LogP contribution in [0, 0.1) is 6.92 Å². The van der Waals surface area contributed by atoms with Crippen LogP contribution in [0.15, 0.2) is 42.5 Å². The van der Waals surface area contributed by atoms with Gasteiger partial charge in [-0.1, -0.05) is 18.2 Å². The summed E-state index contributed by atoms with van der Waals surface area (Å²) >= 11 is 0. The number of hydrogen-bond donors (Lipinski definition) is 2. The molecule has 0 bridgehead atoms. The number of rotatable bonds is 5. The van der Waals surface area contributed by atoms with E-state index in [0.717, 1.165) is 5.69 Å². The molecule has 0 saturated carbocycles. The van der Waals surface area contributed by atoms with Crippen molar-refractivity contribution in [3.63, 3.8) is 0 Å². The summed E-state index contributed by atoms with van der Waals surface area (Å²) in [7, 11) is 0. The van der Waals surface area contributed by atoms with Gasteiger partial charge in [-0.15, -0.1) is 0 Å². The molecule has 6 heteroatoms. The number of amides is 2. The highest BCUT2D eigenvalue weighted by Crippen LogP contribution is 2.19. The Hall–Kier alpha value is -2.89. The van der Waals surface area contributed by atoms with Crippen molar-refractivity contribution in [1.82, 2.24) is 4.98 Å². The normalized spacial score (nSPS) is 9.95. The Morgan fingerprint density at radius 3 is 2.67 bits per heavy atom. The van der Waals surface area contributed by atoms with E-state index >= 15 is 0 Å². The number of hydrogen-bond acceptors (Lipinski definition) is 4. The molecule has 0 radical (unpaired) electrons. The lowest BCUT2D eigenvalue weighted by atomic mass is 10.2. The molecule has 3 N–H and O–H groups in total. The molecule has 0 aliphatic rings. The quantitative estimate of drug-likeness (QED) is 0.870. The van der Waals surface area contributed by atoms with Crippen LogP contribution in [-0.2, 0) is 4.79 Å². The molecule has 2 rings (SSSR count). The predicted molar refractivity (Wildman–Crippen MR) is 78.1 cm³/mol. The van der Waals surface area contributed by atoms with Gasteiger partial charge in [0.2, 0.25) is 0 Å². The van der Waals surface area contributed by atoms with Crippen LogP contribution in [0.3, 0.4) is 0 Å². The fraction of sp³-hybridized carbons (Fsp3) is 0.133. The standard InChI is InChI=1S/C15H15N3O3/c1-10-5-4-8-14(17-10)18-15(20)11-6-2-3-7-12(11)21-9-13(16)19/h2-8H,9H2,1H3,(H2,16,19)(H,17,18,20). The number of aromatic nitrogens is 1. The summed E-state index contributed by atoms with van der Waals surface area (Å²) in [5.74, 6) is -0.232. The topological polar surface area (TPSA) is 94.3 Å². The van der Waals surface area contributed by atoms with Gasteiger partial charge < -0.3 is 15.8 Å². The molecule has 21 heavy (non-hydrogen) atoms. The lowest BCUT2D eigenvalue weighted by Gasteiger charge is -2.10. The Bertz CT molecular complexity index is 671. The first-order valence-corrected chi connectivity index (χ1v) is 6.31. The Balaban J connectivity index is 2.17. The van der Waals surface area contributed by atoms with Gasteiger partial charge in [0, 0.05) is 5.69 Å². The first-order chi connectivity index (χ1) is 10.1. The van der Waals surface area contributed by atoms with E-state index < -0.39 is 5.91 Å². The van der Waals surface area contributed by atoms with Crippen molar-refractivity contribution in [2.24, 2.45) is 5.73 Å². The molecule has 6 nitrogen and oxygen atoms in total. The summed E-state index contributed by atoms with van der Waals surface area (Å²) in [5, 5.41) is 2.68. The highest BCUT2D eigenvalue weighted by Gasteiger charge is 2.13. The summed E-state index contributed by atoms with van der Waals surface area (Å²) in [5.41, 5.74) is 6.14. The molecule has 0 aliphatic heterocycles. The van der Waals surface area contributed by atoms with Crippen LogP contribution < -0.4 is 15.8 Å². The number of nitrogens with one attached hydrogen (secondary N) is 1. The van der Waals surface area contributed by atoms with Gasteiger partial charge in [-0.05, 0) is 31.2 Å². The van der Waals surface area contributed by atoms with Crippen LogP contribution >= 0.6 is 0 Å². The number of anilines is 1. The third kappa shape index (κ3) is 4.04. The van der Waals surface area contributed by atoms with E-state index in [0.29, 0.717) is 17.1 Å². The van der Waals surface area contributed by atoms with E-state index in [1.807, 2.05) is 13.0 Å². The van der Waals surface area contributed by atoms with E-state index in [-0.39, 0.29) is 12.5 Å². The van der Waals surface area contributed by atoms with Crippen LogP contribution in [0.25, 0.3) is 0 Å². The lowest BCUT2D eigenvalue weighted by molar-refractivity contribution is -0.119. The van der Waals surface area contributed by atoms with Gasteiger partial charge in [0.1, 0.15) is 11.6 Å². The SMILES string of the molecule is Cc1cccc(NC(=O)c2ccccc2OCC(N)=O)n1. The fourth-order valence-electron chi connectivity index (χ4n) is 1.73. The molecule has 1 aromatic heterocycles.